The highest BCUT2D eigenvalue weighted by Gasteiger charge is 2.33. The molecule has 0 saturated carbocycles. The zero-order chi connectivity index (χ0) is 10.9. The molecule has 0 spiro atoms. The molecule has 1 rings (SSSR count). The normalized spacial score (nSPS) is 10.7. The van der Waals surface area contributed by atoms with Crippen LogP contribution in [0, 0.1) is 5.41 Å². The van der Waals surface area contributed by atoms with Crippen LogP contribution in [0.5, 0.6) is 0 Å². The van der Waals surface area contributed by atoms with Crippen molar-refractivity contribution in [3.63, 3.8) is 0 Å². The maximum atomic E-state index is 12.3. The van der Waals surface area contributed by atoms with Gasteiger partial charge in [0.1, 0.15) is 5.84 Å². The minimum Gasteiger partial charge on any atom is -0.384 e. The molecular weight excluding hydrogens is 252 g/mol. The Morgan fingerprint density at radius 3 is 2.27 bits per heavy atom. The number of nitrogens with two attached hydrogens (primary N) is 1. The van der Waals surface area contributed by atoms with Crippen molar-refractivity contribution in [2.45, 2.75) is 6.18 Å². The fourth-order valence-electron chi connectivity index (χ4n) is 0.910. The third-order valence-electron chi connectivity index (χ3n) is 1.58. The summed E-state index contributed by atoms with van der Waals surface area (Å²) in [6, 6.07) is 3.09. The third kappa shape index (κ3) is 3.28. The molecule has 0 aromatic heterocycles. The lowest BCUT2D eigenvalue weighted by Crippen LogP contribution is -2.13. The van der Waals surface area contributed by atoms with Crippen molar-refractivity contribution < 1.29 is 13.2 Å². The van der Waals surface area contributed by atoms with Crippen LogP contribution in [0.25, 0.3) is 0 Å². The minimum atomic E-state index is -4.53. The van der Waals surface area contributed by atoms with Crippen LogP contribution in [-0.4, -0.2) is 5.84 Å². The SMILES string of the molecule is Cl.N=C(N)c1ccc(Cl)c(C(F)(F)F)c1. The van der Waals surface area contributed by atoms with Crippen molar-refractivity contribution in [1.29, 1.82) is 5.41 Å². The molecule has 7 heteroatoms. The average molecular weight is 259 g/mol. The van der Waals surface area contributed by atoms with Crippen LogP contribution in [0.15, 0.2) is 18.2 Å². The molecule has 0 unspecified atom stereocenters. The number of hydrogen-bond donors (Lipinski definition) is 2. The van der Waals surface area contributed by atoms with Gasteiger partial charge in [-0.2, -0.15) is 13.2 Å². The van der Waals surface area contributed by atoms with E-state index < -0.39 is 22.6 Å². The Morgan fingerprint density at radius 2 is 1.87 bits per heavy atom. The molecule has 0 bridgehead atoms. The minimum absolute atomic E-state index is 0. The molecule has 0 aliphatic carbocycles. The van der Waals surface area contributed by atoms with Gasteiger partial charge >= 0.3 is 6.18 Å². The molecule has 0 aliphatic heterocycles. The van der Waals surface area contributed by atoms with Gasteiger partial charge in [-0.25, -0.2) is 0 Å². The Balaban J connectivity index is 0.00000196. The zero-order valence-corrected chi connectivity index (χ0v) is 8.80. The molecule has 0 radical (unpaired) electrons. The summed E-state index contributed by atoms with van der Waals surface area (Å²) in [5, 5.41) is 6.57. The number of amidine groups is 1. The van der Waals surface area contributed by atoms with Gasteiger partial charge in [0.2, 0.25) is 0 Å². The van der Waals surface area contributed by atoms with E-state index >= 15 is 0 Å². The van der Waals surface area contributed by atoms with E-state index in [1.54, 1.807) is 0 Å². The molecule has 0 saturated heterocycles. The van der Waals surface area contributed by atoms with Crippen molar-refractivity contribution in [3.8, 4) is 0 Å². The molecule has 15 heavy (non-hydrogen) atoms. The van der Waals surface area contributed by atoms with Crippen molar-refractivity contribution >= 4 is 29.8 Å². The first-order valence-corrected chi connectivity index (χ1v) is 3.91. The number of rotatable bonds is 1. The topological polar surface area (TPSA) is 49.9 Å². The van der Waals surface area contributed by atoms with Crippen molar-refractivity contribution in [2.24, 2.45) is 5.73 Å². The van der Waals surface area contributed by atoms with E-state index in [1.807, 2.05) is 0 Å². The van der Waals surface area contributed by atoms with Gasteiger partial charge in [0.15, 0.2) is 0 Å². The predicted molar refractivity (Wildman–Crippen MR) is 54.7 cm³/mol. The molecule has 1 aromatic rings. The fraction of sp³-hybridized carbons (Fsp3) is 0.125. The lowest BCUT2D eigenvalue weighted by atomic mass is 10.1. The van der Waals surface area contributed by atoms with Gasteiger partial charge in [-0.3, -0.25) is 5.41 Å². The maximum absolute atomic E-state index is 12.3. The number of hydrogen-bond acceptors (Lipinski definition) is 1. The van der Waals surface area contributed by atoms with Gasteiger partial charge in [0.05, 0.1) is 10.6 Å². The van der Waals surface area contributed by atoms with E-state index in [4.69, 9.17) is 22.7 Å². The molecule has 0 aliphatic rings. The smallest absolute Gasteiger partial charge is 0.384 e. The first kappa shape index (κ1) is 14.1. The Labute approximate surface area is 95.1 Å². The van der Waals surface area contributed by atoms with E-state index in [9.17, 15) is 13.2 Å². The van der Waals surface area contributed by atoms with Crippen molar-refractivity contribution in [3.05, 3.63) is 34.3 Å². The average Bonchev–Trinajstić information content (AvgIpc) is 2.02. The van der Waals surface area contributed by atoms with Gasteiger partial charge in [-0.1, -0.05) is 11.6 Å². The number of nitrogens with one attached hydrogen (secondary N) is 1. The number of nitrogen functional groups attached to an aromatic ring is 1. The van der Waals surface area contributed by atoms with Crippen LogP contribution in [-0.2, 0) is 6.18 Å². The van der Waals surface area contributed by atoms with Gasteiger partial charge in [-0.15, -0.1) is 12.4 Å². The summed E-state index contributed by atoms with van der Waals surface area (Å²) in [4.78, 5) is 0. The van der Waals surface area contributed by atoms with E-state index in [2.05, 4.69) is 0 Å². The Bertz CT molecular complexity index is 377. The Kier molecular flexibility index (Phi) is 4.42. The highest BCUT2D eigenvalue weighted by Crippen LogP contribution is 2.34. The highest BCUT2D eigenvalue weighted by atomic mass is 35.5. The van der Waals surface area contributed by atoms with E-state index in [1.165, 1.54) is 6.07 Å². The zero-order valence-electron chi connectivity index (χ0n) is 7.23. The maximum Gasteiger partial charge on any atom is 0.417 e. The molecule has 3 N–H and O–H groups in total. The summed E-state index contributed by atoms with van der Waals surface area (Å²) in [7, 11) is 0. The summed E-state index contributed by atoms with van der Waals surface area (Å²) in [6.07, 6.45) is -4.53. The largest absolute Gasteiger partial charge is 0.417 e. The standard InChI is InChI=1S/C8H6ClF3N2.ClH/c9-6-2-1-4(7(13)14)3-5(6)8(10,11)12;/h1-3H,(H3,13,14);1H. The second-order valence-corrected chi connectivity index (χ2v) is 3.01. The van der Waals surface area contributed by atoms with Crippen LogP contribution in [0.3, 0.4) is 0 Å². The monoisotopic (exact) mass is 258 g/mol. The van der Waals surface area contributed by atoms with Crippen LogP contribution < -0.4 is 5.73 Å². The predicted octanol–water partition coefficient (Wildman–Crippen LogP) is 3.06. The van der Waals surface area contributed by atoms with Crippen molar-refractivity contribution in [1.82, 2.24) is 0 Å². The Hall–Kier alpha value is -0.940. The summed E-state index contributed by atoms with van der Waals surface area (Å²) < 4.78 is 36.9. The van der Waals surface area contributed by atoms with E-state index in [0.717, 1.165) is 12.1 Å². The second kappa shape index (κ2) is 4.72. The molecule has 84 valence electrons. The second-order valence-electron chi connectivity index (χ2n) is 2.61. The van der Waals surface area contributed by atoms with Gasteiger partial charge in [0, 0.05) is 5.56 Å². The number of benzene rings is 1. The van der Waals surface area contributed by atoms with Crippen LogP contribution in [0.4, 0.5) is 13.2 Å². The Morgan fingerprint density at radius 1 is 1.33 bits per heavy atom. The summed E-state index contributed by atoms with van der Waals surface area (Å²) in [6.45, 7) is 0. The van der Waals surface area contributed by atoms with Gasteiger partial charge in [0.25, 0.3) is 0 Å². The molecule has 2 nitrogen and oxygen atoms in total. The van der Waals surface area contributed by atoms with E-state index in [-0.39, 0.29) is 18.0 Å². The molecule has 0 fully saturated rings. The number of alkyl halides is 3. The van der Waals surface area contributed by atoms with Gasteiger partial charge in [-0.05, 0) is 18.2 Å². The van der Waals surface area contributed by atoms with E-state index in [0.29, 0.717) is 0 Å². The summed E-state index contributed by atoms with van der Waals surface area (Å²) in [5.41, 5.74) is 4.07. The molecule has 0 amide bonds. The summed E-state index contributed by atoms with van der Waals surface area (Å²) >= 11 is 5.35. The number of halogens is 5. The molecule has 1 aromatic carbocycles. The lowest BCUT2D eigenvalue weighted by Gasteiger charge is -2.09. The van der Waals surface area contributed by atoms with Crippen molar-refractivity contribution in [2.75, 3.05) is 0 Å². The van der Waals surface area contributed by atoms with Gasteiger partial charge < -0.3 is 5.73 Å². The third-order valence-corrected chi connectivity index (χ3v) is 1.91. The fourth-order valence-corrected chi connectivity index (χ4v) is 1.13. The van der Waals surface area contributed by atoms with Crippen LogP contribution >= 0.6 is 24.0 Å². The molecular formula is C8H7Cl2F3N2. The lowest BCUT2D eigenvalue weighted by molar-refractivity contribution is -0.137. The highest BCUT2D eigenvalue weighted by molar-refractivity contribution is 6.31. The van der Waals surface area contributed by atoms with Crippen LogP contribution in [0.2, 0.25) is 5.02 Å². The molecule has 0 heterocycles. The first-order chi connectivity index (χ1) is 6.32. The quantitative estimate of drug-likeness (QED) is 0.591. The first-order valence-electron chi connectivity index (χ1n) is 3.53. The molecule has 0 atom stereocenters. The summed E-state index contributed by atoms with van der Waals surface area (Å²) in [5.74, 6) is -0.424. The van der Waals surface area contributed by atoms with Crippen LogP contribution in [0.1, 0.15) is 11.1 Å².